The third kappa shape index (κ3) is 4.20. The van der Waals surface area contributed by atoms with Crippen LogP contribution in [0.2, 0.25) is 0 Å². The standard InChI is InChI=1S/C19H36N4/c1-3-11-22-12-6-17(7-13-22)15-21-18(20-2)23-14-10-19(16-23)8-4-5-9-19/h17H,3-16H2,1-2H3,(H,20,21). The summed E-state index contributed by atoms with van der Waals surface area (Å²) < 4.78 is 0. The van der Waals surface area contributed by atoms with E-state index in [4.69, 9.17) is 0 Å². The molecule has 23 heavy (non-hydrogen) atoms. The van der Waals surface area contributed by atoms with Gasteiger partial charge in [0.1, 0.15) is 0 Å². The lowest BCUT2D eigenvalue weighted by Gasteiger charge is -2.33. The molecule has 1 saturated carbocycles. The second-order valence-electron chi connectivity index (χ2n) is 8.09. The lowest BCUT2D eigenvalue weighted by Crippen LogP contribution is -2.44. The largest absolute Gasteiger partial charge is 0.356 e. The SMILES string of the molecule is CCCN1CCC(CNC(=NC)N2CCC3(CCCC3)C2)CC1. The summed E-state index contributed by atoms with van der Waals surface area (Å²) in [5, 5.41) is 3.69. The van der Waals surface area contributed by atoms with Crippen LogP contribution in [0.3, 0.4) is 0 Å². The predicted molar refractivity (Wildman–Crippen MR) is 97.9 cm³/mol. The summed E-state index contributed by atoms with van der Waals surface area (Å²) in [6.07, 6.45) is 11.1. The number of hydrogen-bond acceptors (Lipinski definition) is 2. The molecule has 0 bridgehead atoms. The zero-order valence-electron chi connectivity index (χ0n) is 15.3. The van der Waals surface area contributed by atoms with Crippen molar-refractivity contribution in [2.45, 2.75) is 58.3 Å². The molecule has 1 spiro atoms. The van der Waals surface area contributed by atoms with Gasteiger partial charge in [0, 0.05) is 26.7 Å². The normalized spacial score (nSPS) is 26.3. The molecule has 3 aliphatic rings. The highest BCUT2D eigenvalue weighted by atomic mass is 15.3. The maximum absolute atomic E-state index is 4.57. The molecule has 3 fully saturated rings. The van der Waals surface area contributed by atoms with Gasteiger partial charge in [0.15, 0.2) is 5.96 Å². The van der Waals surface area contributed by atoms with E-state index >= 15 is 0 Å². The minimum Gasteiger partial charge on any atom is -0.356 e. The lowest BCUT2D eigenvalue weighted by molar-refractivity contribution is 0.185. The highest BCUT2D eigenvalue weighted by Crippen LogP contribution is 2.45. The topological polar surface area (TPSA) is 30.9 Å². The van der Waals surface area contributed by atoms with Crippen molar-refractivity contribution in [1.29, 1.82) is 0 Å². The molecule has 0 radical (unpaired) electrons. The average molecular weight is 321 g/mol. The van der Waals surface area contributed by atoms with Gasteiger partial charge >= 0.3 is 0 Å². The Kier molecular flexibility index (Phi) is 5.84. The van der Waals surface area contributed by atoms with Gasteiger partial charge in [0.25, 0.3) is 0 Å². The van der Waals surface area contributed by atoms with Gasteiger partial charge in [0.05, 0.1) is 0 Å². The van der Waals surface area contributed by atoms with E-state index in [0.717, 1.165) is 18.4 Å². The van der Waals surface area contributed by atoms with E-state index in [1.165, 1.54) is 84.1 Å². The van der Waals surface area contributed by atoms with Gasteiger partial charge in [-0.25, -0.2) is 0 Å². The molecule has 1 N–H and O–H groups in total. The van der Waals surface area contributed by atoms with E-state index in [-0.39, 0.29) is 0 Å². The smallest absolute Gasteiger partial charge is 0.193 e. The molecule has 0 amide bonds. The van der Waals surface area contributed by atoms with Crippen LogP contribution in [-0.2, 0) is 0 Å². The highest BCUT2D eigenvalue weighted by molar-refractivity contribution is 5.80. The van der Waals surface area contributed by atoms with Crippen LogP contribution < -0.4 is 5.32 Å². The van der Waals surface area contributed by atoms with Crippen LogP contribution in [0.4, 0.5) is 0 Å². The first-order valence-corrected chi connectivity index (χ1v) is 9.93. The molecule has 2 aliphatic heterocycles. The van der Waals surface area contributed by atoms with Crippen molar-refractivity contribution < 1.29 is 0 Å². The molecule has 0 aromatic carbocycles. The molecule has 132 valence electrons. The molecular formula is C19H36N4. The Labute approximate surface area is 142 Å². The lowest BCUT2D eigenvalue weighted by atomic mass is 9.86. The highest BCUT2D eigenvalue weighted by Gasteiger charge is 2.41. The molecule has 0 atom stereocenters. The van der Waals surface area contributed by atoms with Crippen LogP contribution in [0.25, 0.3) is 0 Å². The number of guanidine groups is 1. The number of rotatable bonds is 4. The second-order valence-corrected chi connectivity index (χ2v) is 8.09. The molecule has 0 unspecified atom stereocenters. The van der Waals surface area contributed by atoms with Crippen molar-refractivity contribution in [2.75, 3.05) is 46.3 Å². The molecule has 2 saturated heterocycles. The Balaban J connectivity index is 1.42. The van der Waals surface area contributed by atoms with Gasteiger partial charge in [-0.1, -0.05) is 19.8 Å². The molecular weight excluding hydrogens is 284 g/mol. The first-order chi connectivity index (χ1) is 11.2. The van der Waals surface area contributed by atoms with E-state index in [1.54, 1.807) is 0 Å². The first kappa shape index (κ1) is 17.1. The van der Waals surface area contributed by atoms with Gasteiger partial charge in [-0.05, 0) is 69.5 Å². The fraction of sp³-hybridized carbons (Fsp3) is 0.947. The summed E-state index contributed by atoms with van der Waals surface area (Å²) in [5.74, 6) is 1.98. The quantitative estimate of drug-likeness (QED) is 0.638. The van der Waals surface area contributed by atoms with Crippen molar-refractivity contribution in [3.05, 3.63) is 0 Å². The van der Waals surface area contributed by atoms with E-state index < -0.39 is 0 Å². The van der Waals surface area contributed by atoms with Crippen molar-refractivity contribution in [3.8, 4) is 0 Å². The van der Waals surface area contributed by atoms with Crippen LogP contribution in [-0.4, -0.2) is 62.1 Å². The van der Waals surface area contributed by atoms with Crippen LogP contribution >= 0.6 is 0 Å². The predicted octanol–water partition coefficient (Wildman–Crippen LogP) is 2.95. The number of nitrogens with zero attached hydrogens (tertiary/aromatic N) is 3. The zero-order valence-corrected chi connectivity index (χ0v) is 15.3. The zero-order chi connectivity index (χ0) is 16.1. The summed E-state index contributed by atoms with van der Waals surface area (Å²) in [7, 11) is 1.95. The van der Waals surface area contributed by atoms with Crippen molar-refractivity contribution in [1.82, 2.24) is 15.1 Å². The average Bonchev–Trinajstić information content (AvgIpc) is 3.20. The van der Waals surface area contributed by atoms with Crippen molar-refractivity contribution in [3.63, 3.8) is 0 Å². The van der Waals surface area contributed by atoms with Crippen molar-refractivity contribution >= 4 is 5.96 Å². The van der Waals surface area contributed by atoms with Crippen LogP contribution in [0, 0.1) is 11.3 Å². The fourth-order valence-corrected chi connectivity index (χ4v) is 4.95. The molecule has 1 aliphatic carbocycles. The number of hydrogen-bond donors (Lipinski definition) is 1. The minimum absolute atomic E-state index is 0.628. The van der Waals surface area contributed by atoms with Gasteiger partial charge in [-0.3, -0.25) is 4.99 Å². The Morgan fingerprint density at radius 3 is 2.52 bits per heavy atom. The number of nitrogens with one attached hydrogen (secondary N) is 1. The molecule has 4 heteroatoms. The van der Waals surface area contributed by atoms with Crippen LogP contribution in [0.1, 0.15) is 58.3 Å². The van der Waals surface area contributed by atoms with E-state index in [2.05, 4.69) is 27.0 Å². The molecule has 0 aromatic rings. The first-order valence-electron chi connectivity index (χ1n) is 9.93. The molecule has 2 heterocycles. The summed E-state index contributed by atoms with van der Waals surface area (Å²) in [6, 6.07) is 0. The van der Waals surface area contributed by atoms with Crippen LogP contribution in [0.5, 0.6) is 0 Å². The Bertz CT molecular complexity index is 392. The van der Waals surface area contributed by atoms with Gasteiger partial charge < -0.3 is 15.1 Å². The van der Waals surface area contributed by atoms with E-state index in [1.807, 2.05) is 7.05 Å². The van der Waals surface area contributed by atoms with E-state index in [9.17, 15) is 0 Å². The fourth-order valence-electron chi connectivity index (χ4n) is 4.95. The molecule has 0 aromatic heterocycles. The number of piperidine rings is 1. The maximum Gasteiger partial charge on any atom is 0.193 e. The summed E-state index contributed by atoms with van der Waals surface area (Å²) in [5.41, 5.74) is 0.628. The van der Waals surface area contributed by atoms with Gasteiger partial charge in [0.2, 0.25) is 0 Å². The Morgan fingerprint density at radius 2 is 1.87 bits per heavy atom. The minimum atomic E-state index is 0.628. The third-order valence-corrected chi connectivity index (χ3v) is 6.41. The monoisotopic (exact) mass is 320 g/mol. The Morgan fingerprint density at radius 1 is 1.13 bits per heavy atom. The number of aliphatic imine (C=N–C) groups is 1. The van der Waals surface area contributed by atoms with Gasteiger partial charge in [-0.15, -0.1) is 0 Å². The van der Waals surface area contributed by atoms with E-state index in [0.29, 0.717) is 5.41 Å². The third-order valence-electron chi connectivity index (χ3n) is 6.41. The Hall–Kier alpha value is -0.770. The van der Waals surface area contributed by atoms with Crippen LogP contribution in [0.15, 0.2) is 4.99 Å². The summed E-state index contributed by atoms with van der Waals surface area (Å²) in [4.78, 5) is 9.72. The number of likely N-dealkylation sites (tertiary alicyclic amines) is 2. The summed E-state index contributed by atoms with van der Waals surface area (Å²) in [6.45, 7) is 9.67. The molecule has 3 rings (SSSR count). The van der Waals surface area contributed by atoms with Crippen molar-refractivity contribution in [2.24, 2.45) is 16.3 Å². The second kappa shape index (κ2) is 7.87. The maximum atomic E-state index is 4.57. The molecule has 4 nitrogen and oxygen atoms in total. The van der Waals surface area contributed by atoms with Gasteiger partial charge in [-0.2, -0.15) is 0 Å². The summed E-state index contributed by atoms with van der Waals surface area (Å²) >= 11 is 0.